The second-order valence-electron chi connectivity index (χ2n) is 6.60. The van der Waals surface area contributed by atoms with Crippen LogP contribution in [-0.4, -0.2) is 48.9 Å². The average molecular weight is 360 g/mol. The molecule has 1 saturated heterocycles. The van der Waals surface area contributed by atoms with Gasteiger partial charge in [-0.25, -0.2) is 4.79 Å². The zero-order chi connectivity index (χ0) is 19.1. The Hall–Kier alpha value is -2.37. The number of hydrogen-bond acceptors (Lipinski definition) is 4. The van der Waals surface area contributed by atoms with Gasteiger partial charge >= 0.3 is 5.97 Å². The van der Waals surface area contributed by atoms with Crippen molar-refractivity contribution in [2.75, 3.05) is 25.1 Å². The average Bonchev–Trinajstić information content (AvgIpc) is 2.67. The normalized spacial score (nSPS) is 16.9. The van der Waals surface area contributed by atoms with Crippen LogP contribution in [0.25, 0.3) is 0 Å². The van der Waals surface area contributed by atoms with Crippen molar-refractivity contribution in [3.63, 3.8) is 0 Å². The Balaban J connectivity index is 2.03. The number of likely N-dealkylation sites (tertiary alicyclic amines) is 1. The molecule has 1 aliphatic rings. The first kappa shape index (κ1) is 19.9. The number of benzene rings is 1. The molecule has 0 saturated carbocycles. The number of methoxy groups -OCH3 is 1. The molecular weight excluding hydrogens is 332 g/mol. The number of anilines is 1. The number of carbonyl (C=O) groups excluding carboxylic acids is 3. The lowest BCUT2D eigenvalue weighted by atomic mass is 9.99. The predicted molar refractivity (Wildman–Crippen MR) is 100 cm³/mol. The SMILES string of the molecule is CCC1CCCCN1C(=O)CCN(C(C)=O)c1ccc(C(=O)OC)cc1. The van der Waals surface area contributed by atoms with E-state index in [-0.39, 0.29) is 11.8 Å². The Bertz CT molecular complexity index is 642. The van der Waals surface area contributed by atoms with Crippen molar-refractivity contribution in [2.45, 2.75) is 52.0 Å². The fourth-order valence-electron chi connectivity index (χ4n) is 3.47. The van der Waals surface area contributed by atoms with Gasteiger partial charge in [0.25, 0.3) is 0 Å². The Kier molecular flexibility index (Phi) is 7.18. The zero-order valence-corrected chi connectivity index (χ0v) is 15.9. The molecule has 1 aromatic rings. The highest BCUT2D eigenvalue weighted by molar-refractivity contribution is 5.94. The van der Waals surface area contributed by atoms with Crippen LogP contribution >= 0.6 is 0 Å². The molecule has 142 valence electrons. The van der Waals surface area contributed by atoms with Crippen LogP contribution < -0.4 is 4.90 Å². The summed E-state index contributed by atoms with van der Waals surface area (Å²) in [7, 11) is 1.33. The van der Waals surface area contributed by atoms with Gasteiger partial charge < -0.3 is 14.5 Å². The largest absolute Gasteiger partial charge is 0.465 e. The first-order valence-electron chi connectivity index (χ1n) is 9.23. The van der Waals surface area contributed by atoms with Crippen molar-refractivity contribution < 1.29 is 19.1 Å². The Morgan fingerprint density at radius 1 is 1.19 bits per heavy atom. The third-order valence-corrected chi connectivity index (χ3v) is 4.95. The minimum atomic E-state index is -0.420. The Labute approximate surface area is 155 Å². The quantitative estimate of drug-likeness (QED) is 0.732. The zero-order valence-electron chi connectivity index (χ0n) is 15.9. The van der Waals surface area contributed by atoms with E-state index in [4.69, 9.17) is 0 Å². The van der Waals surface area contributed by atoms with E-state index in [9.17, 15) is 14.4 Å². The molecule has 1 atom stereocenters. The molecule has 2 rings (SSSR count). The van der Waals surface area contributed by atoms with E-state index in [0.717, 1.165) is 25.8 Å². The first-order chi connectivity index (χ1) is 12.5. The number of hydrogen-bond donors (Lipinski definition) is 0. The van der Waals surface area contributed by atoms with Crippen LogP contribution in [-0.2, 0) is 14.3 Å². The molecule has 1 unspecified atom stereocenters. The maximum atomic E-state index is 12.6. The molecule has 26 heavy (non-hydrogen) atoms. The van der Waals surface area contributed by atoms with Gasteiger partial charge in [0.05, 0.1) is 12.7 Å². The van der Waals surface area contributed by atoms with Gasteiger partial charge in [0.1, 0.15) is 0 Å². The number of esters is 1. The van der Waals surface area contributed by atoms with Gasteiger partial charge in [0.2, 0.25) is 11.8 Å². The van der Waals surface area contributed by atoms with E-state index >= 15 is 0 Å². The van der Waals surface area contributed by atoms with E-state index in [1.165, 1.54) is 20.5 Å². The smallest absolute Gasteiger partial charge is 0.337 e. The summed E-state index contributed by atoms with van der Waals surface area (Å²) in [5.74, 6) is -0.444. The molecule has 1 fully saturated rings. The van der Waals surface area contributed by atoms with Crippen LogP contribution in [0.3, 0.4) is 0 Å². The molecule has 0 radical (unpaired) electrons. The Morgan fingerprint density at radius 2 is 1.88 bits per heavy atom. The summed E-state index contributed by atoms with van der Waals surface area (Å²) in [6.45, 7) is 4.74. The van der Waals surface area contributed by atoms with Gasteiger partial charge in [0, 0.05) is 38.2 Å². The second-order valence-corrected chi connectivity index (χ2v) is 6.60. The lowest BCUT2D eigenvalue weighted by Crippen LogP contribution is -2.44. The molecule has 1 aliphatic heterocycles. The van der Waals surface area contributed by atoms with Crippen LogP contribution in [0.2, 0.25) is 0 Å². The molecule has 1 heterocycles. The molecule has 0 N–H and O–H groups in total. The molecule has 0 spiro atoms. The lowest BCUT2D eigenvalue weighted by Gasteiger charge is -2.35. The van der Waals surface area contributed by atoms with E-state index in [2.05, 4.69) is 11.7 Å². The molecule has 0 aliphatic carbocycles. The van der Waals surface area contributed by atoms with E-state index in [1.807, 2.05) is 4.90 Å². The fraction of sp³-hybridized carbons (Fsp3) is 0.550. The van der Waals surface area contributed by atoms with Gasteiger partial charge in [-0.15, -0.1) is 0 Å². The molecule has 0 bridgehead atoms. The van der Waals surface area contributed by atoms with E-state index < -0.39 is 5.97 Å². The summed E-state index contributed by atoms with van der Waals surface area (Å²) >= 11 is 0. The number of nitrogens with zero attached hydrogens (tertiary/aromatic N) is 2. The third-order valence-electron chi connectivity index (χ3n) is 4.95. The van der Waals surface area contributed by atoms with Crippen LogP contribution in [0.5, 0.6) is 0 Å². The summed E-state index contributed by atoms with van der Waals surface area (Å²) in [4.78, 5) is 39.7. The number of piperidine rings is 1. The van der Waals surface area contributed by atoms with Gasteiger partial charge in [0.15, 0.2) is 0 Å². The highest BCUT2D eigenvalue weighted by Crippen LogP contribution is 2.21. The van der Waals surface area contributed by atoms with Crippen molar-refractivity contribution in [1.82, 2.24) is 4.90 Å². The highest BCUT2D eigenvalue weighted by Gasteiger charge is 2.25. The maximum absolute atomic E-state index is 12.6. The number of carbonyl (C=O) groups is 3. The van der Waals surface area contributed by atoms with Crippen LogP contribution in [0.4, 0.5) is 5.69 Å². The van der Waals surface area contributed by atoms with Gasteiger partial charge in [-0.3, -0.25) is 9.59 Å². The summed E-state index contributed by atoms with van der Waals surface area (Å²) in [5, 5.41) is 0. The van der Waals surface area contributed by atoms with Gasteiger partial charge in [-0.2, -0.15) is 0 Å². The molecule has 6 nitrogen and oxygen atoms in total. The number of ether oxygens (including phenoxy) is 1. The molecule has 0 aromatic heterocycles. The van der Waals surface area contributed by atoms with Crippen LogP contribution in [0.1, 0.15) is 56.3 Å². The lowest BCUT2D eigenvalue weighted by molar-refractivity contribution is -0.134. The third kappa shape index (κ3) is 4.84. The second kappa shape index (κ2) is 9.36. The fourth-order valence-corrected chi connectivity index (χ4v) is 3.47. The molecule has 6 heteroatoms. The van der Waals surface area contributed by atoms with Crippen LogP contribution in [0, 0.1) is 0 Å². The minimum Gasteiger partial charge on any atom is -0.465 e. The maximum Gasteiger partial charge on any atom is 0.337 e. The predicted octanol–water partition coefficient (Wildman–Crippen LogP) is 3.01. The number of rotatable bonds is 6. The van der Waals surface area contributed by atoms with Crippen molar-refractivity contribution in [3.05, 3.63) is 29.8 Å². The summed E-state index contributed by atoms with van der Waals surface area (Å²) in [5.41, 5.74) is 1.10. The highest BCUT2D eigenvalue weighted by atomic mass is 16.5. The molecule has 2 amide bonds. The molecule has 1 aromatic carbocycles. The number of amides is 2. The van der Waals surface area contributed by atoms with Crippen molar-refractivity contribution in [2.24, 2.45) is 0 Å². The van der Waals surface area contributed by atoms with E-state index in [1.54, 1.807) is 29.2 Å². The summed E-state index contributed by atoms with van der Waals surface area (Å²) in [6, 6.07) is 6.97. The van der Waals surface area contributed by atoms with Crippen molar-refractivity contribution in [1.29, 1.82) is 0 Å². The Morgan fingerprint density at radius 3 is 2.46 bits per heavy atom. The summed E-state index contributed by atoms with van der Waals surface area (Å²) in [6.07, 6.45) is 4.56. The minimum absolute atomic E-state index is 0.106. The van der Waals surface area contributed by atoms with Crippen molar-refractivity contribution >= 4 is 23.5 Å². The molecular formula is C20H28N2O4. The summed E-state index contributed by atoms with van der Waals surface area (Å²) < 4.78 is 4.68. The standard InChI is InChI=1S/C20H28N2O4/c1-4-17-7-5-6-13-22(17)19(24)12-14-21(15(2)23)18-10-8-16(9-11-18)20(25)26-3/h8-11,17H,4-7,12-14H2,1-3H3. The van der Waals surface area contributed by atoms with Gasteiger partial charge in [-0.05, 0) is 49.9 Å². The first-order valence-corrected chi connectivity index (χ1v) is 9.23. The monoisotopic (exact) mass is 360 g/mol. The van der Waals surface area contributed by atoms with Crippen LogP contribution in [0.15, 0.2) is 24.3 Å². The van der Waals surface area contributed by atoms with Gasteiger partial charge in [-0.1, -0.05) is 6.92 Å². The van der Waals surface area contributed by atoms with E-state index in [0.29, 0.717) is 30.3 Å². The topological polar surface area (TPSA) is 66.9 Å². The van der Waals surface area contributed by atoms with Crippen molar-refractivity contribution in [3.8, 4) is 0 Å².